The Balaban J connectivity index is 2.43. The summed E-state index contributed by atoms with van der Waals surface area (Å²) in [6.07, 6.45) is 2.14. The summed E-state index contributed by atoms with van der Waals surface area (Å²) in [5.74, 6) is 0.932. The molecule has 0 radical (unpaired) electrons. The van der Waals surface area contributed by atoms with Crippen molar-refractivity contribution in [1.29, 1.82) is 0 Å². The third kappa shape index (κ3) is 2.69. The van der Waals surface area contributed by atoms with E-state index in [4.69, 9.17) is 4.74 Å². The monoisotopic (exact) mass is 245 g/mol. The molecule has 98 valence electrons. The average molecular weight is 245 g/mol. The Morgan fingerprint density at radius 2 is 1.61 bits per heavy atom. The molecule has 0 saturated heterocycles. The molecule has 2 nitrogen and oxygen atoms in total. The molecule has 0 unspecified atom stereocenters. The van der Waals surface area contributed by atoms with E-state index in [0.717, 1.165) is 5.75 Å². The van der Waals surface area contributed by atoms with Crippen molar-refractivity contribution in [3.8, 4) is 5.75 Å². The fraction of sp³-hybridized carbons (Fsp3) is 0.500. The maximum Gasteiger partial charge on any atom is 0.120 e. The van der Waals surface area contributed by atoms with E-state index in [2.05, 4.69) is 76.6 Å². The zero-order valence-electron chi connectivity index (χ0n) is 12.2. The van der Waals surface area contributed by atoms with Gasteiger partial charge in [-0.3, -0.25) is 0 Å². The molecule has 0 saturated carbocycles. The molecule has 0 spiro atoms. The number of fused-ring (bicyclic) bond motifs is 1. The summed E-state index contributed by atoms with van der Waals surface area (Å²) in [5.41, 5.74) is 1.21. The van der Waals surface area contributed by atoms with Crippen molar-refractivity contribution < 1.29 is 4.74 Å². The van der Waals surface area contributed by atoms with Gasteiger partial charge in [0.05, 0.1) is 0 Å². The van der Waals surface area contributed by atoms with E-state index in [1.54, 1.807) is 0 Å². The van der Waals surface area contributed by atoms with Gasteiger partial charge in [0.15, 0.2) is 0 Å². The van der Waals surface area contributed by atoms with Crippen molar-refractivity contribution in [3.05, 3.63) is 30.5 Å². The highest BCUT2D eigenvalue weighted by atomic mass is 16.5. The molecule has 1 heterocycles. The highest BCUT2D eigenvalue weighted by Gasteiger charge is 2.16. The molecule has 0 aliphatic rings. The summed E-state index contributed by atoms with van der Waals surface area (Å²) in [6, 6.07) is 8.45. The largest absolute Gasteiger partial charge is 0.488 e. The van der Waals surface area contributed by atoms with Gasteiger partial charge in [-0.25, -0.2) is 0 Å². The number of ether oxygens (including phenoxy) is 1. The normalized spacial score (nSPS) is 13.0. The second-order valence-corrected chi connectivity index (χ2v) is 6.79. The summed E-state index contributed by atoms with van der Waals surface area (Å²) < 4.78 is 8.19. The number of hydrogen-bond acceptors (Lipinski definition) is 1. The molecule has 18 heavy (non-hydrogen) atoms. The Kier molecular flexibility index (Phi) is 2.92. The van der Waals surface area contributed by atoms with E-state index < -0.39 is 0 Å². The van der Waals surface area contributed by atoms with Crippen LogP contribution in [-0.4, -0.2) is 10.2 Å². The van der Waals surface area contributed by atoms with Gasteiger partial charge in [-0.05, 0) is 65.8 Å². The van der Waals surface area contributed by atoms with Gasteiger partial charge in [-0.1, -0.05) is 0 Å². The van der Waals surface area contributed by atoms with Crippen LogP contribution in [-0.2, 0) is 5.54 Å². The van der Waals surface area contributed by atoms with Crippen LogP contribution in [0.2, 0.25) is 0 Å². The van der Waals surface area contributed by atoms with Crippen molar-refractivity contribution >= 4 is 10.9 Å². The number of rotatable bonds is 1. The van der Waals surface area contributed by atoms with Crippen molar-refractivity contribution in [1.82, 2.24) is 4.57 Å². The molecule has 0 atom stereocenters. The standard InChI is InChI=1S/C16H23NO/c1-15(2,3)17-10-9-12-11-13(7-8-14(12)17)18-16(4,5)6/h7-11H,1-6H3. The van der Waals surface area contributed by atoms with Crippen molar-refractivity contribution in [3.63, 3.8) is 0 Å². The Morgan fingerprint density at radius 3 is 2.17 bits per heavy atom. The Hall–Kier alpha value is -1.44. The van der Waals surface area contributed by atoms with E-state index in [1.807, 2.05) is 0 Å². The van der Waals surface area contributed by atoms with E-state index >= 15 is 0 Å². The molecular weight excluding hydrogens is 222 g/mol. The number of nitrogens with zero attached hydrogens (tertiary/aromatic N) is 1. The van der Waals surface area contributed by atoms with Crippen LogP contribution in [0.15, 0.2) is 30.5 Å². The lowest BCUT2D eigenvalue weighted by atomic mass is 10.1. The van der Waals surface area contributed by atoms with E-state index in [0.29, 0.717) is 0 Å². The molecule has 0 fully saturated rings. The first-order valence-electron chi connectivity index (χ1n) is 6.47. The van der Waals surface area contributed by atoms with Crippen LogP contribution in [0.25, 0.3) is 10.9 Å². The van der Waals surface area contributed by atoms with Crippen LogP contribution in [0.5, 0.6) is 5.75 Å². The van der Waals surface area contributed by atoms with Gasteiger partial charge in [0, 0.05) is 22.6 Å². The fourth-order valence-electron chi connectivity index (χ4n) is 2.12. The van der Waals surface area contributed by atoms with Gasteiger partial charge in [0.25, 0.3) is 0 Å². The van der Waals surface area contributed by atoms with E-state index in [9.17, 15) is 0 Å². The van der Waals surface area contributed by atoms with Gasteiger partial charge in [0.1, 0.15) is 11.4 Å². The minimum Gasteiger partial charge on any atom is -0.488 e. The minimum atomic E-state index is -0.153. The van der Waals surface area contributed by atoms with Gasteiger partial charge in [-0.15, -0.1) is 0 Å². The topological polar surface area (TPSA) is 14.2 Å². The minimum absolute atomic E-state index is 0.105. The second-order valence-electron chi connectivity index (χ2n) is 6.79. The third-order valence-corrected chi connectivity index (χ3v) is 2.81. The smallest absolute Gasteiger partial charge is 0.120 e. The molecule has 0 aliphatic carbocycles. The van der Waals surface area contributed by atoms with Crippen LogP contribution >= 0.6 is 0 Å². The lowest BCUT2D eigenvalue weighted by molar-refractivity contribution is 0.131. The number of hydrogen-bond donors (Lipinski definition) is 0. The van der Waals surface area contributed by atoms with E-state index in [-0.39, 0.29) is 11.1 Å². The van der Waals surface area contributed by atoms with Crippen molar-refractivity contribution in [2.75, 3.05) is 0 Å². The predicted octanol–water partition coefficient (Wildman–Crippen LogP) is 4.57. The first kappa shape index (κ1) is 13.0. The van der Waals surface area contributed by atoms with Crippen molar-refractivity contribution in [2.24, 2.45) is 0 Å². The van der Waals surface area contributed by atoms with Gasteiger partial charge >= 0.3 is 0 Å². The molecule has 1 aromatic heterocycles. The molecule has 0 amide bonds. The molecule has 0 aliphatic heterocycles. The Bertz CT molecular complexity index is 552. The van der Waals surface area contributed by atoms with Gasteiger partial charge in [-0.2, -0.15) is 0 Å². The number of aromatic nitrogens is 1. The van der Waals surface area contributed by atoms with Crippen molar-refractivity contribution in [2.45, 2.75) is 52.7 Å². The Labute approximate surface area is 110 Å². The average Bonchev–Trinajstić information content (AvgIpc) is 2.56. The van der Waals surface area contributed by atoms with Gasteiger partial charge < -0.3 is 9.30 Å². The zero-order chi connectivity index (χ0) is 13.6. The highest BCUT2D eigenvalue weighted by Crippen LogP contribution is 2.28. The quantitative estimate of drug-likeness (QED) is 0.717. The van der Waals surface area contributed by atoms with Crippen LogP contribution < -0.4 is 4.74 Å². The maximum absolute atomic E-state index is 5.90. The Morgan fingerprint density at radius 1 is 0.944 bits per heavy atom. The summed E-state index contributed by atoms with van der Waals surface area (Å²) >= 11 is 0. The molecule has 0 N–H and O–H groups in total. The summed E-state index contributed by atoms with van der Waals surface area (Å²) in [4.78, 5) is 0. The highest BCUT2D eigenvalue weighted by molar-refractivity contribution is 5.82. The third-order valence-electron chi connectivity index (χ3n) is 2.81. The first-order chi connectivity index (χ1) is 8.17. The molecule has 0 bridgehead atoms. The van der Waals surface area contributed by atoms with Crippen LogP contribution in [0.4, 0.5) is 0 Å². The summed E-state index contributed by atoms with van der Waals surface area (Å²) in [6.45, 7) is 12.8. The zero-order valence-corrected chi connectivity index (χ0v) is 12.2. The van der Waals surface area contributed by atoms with Gasteiger partial charge in [0.2, 0.25) is 0 Å². The fourth-order valence-corrected chi connectivity index (χ4v) is 2.12. The molecule has 1 aromatic carbocycles. The lowest BCUT2D eigenvalue weighted by Gasteiger charge is -2.23. The van der Waals surface area contributed by atoms with Crippen LogP contribution in [0, 0.1) is 0 Å². The predicted molar refractivity (Wildman–Crippen MR) is 77.3 cm³/mol. The van der Waals surface area contributed by atoms with Crippen LogP contribution in [0.1, 0.15) is 41.5 Å². The van der Waals surface area contributed by atoms with E-state index in [1.165, 1.54) is 10.9 Å². The summed E-state index contributed by atoms with van der Waals surface area (Å²) in [5, 5.41) is 1.23. The SMILES string of the molecule is CC(C)(C)Oc1ccc2c(ccn2C(C)(C)C)c1. The number of benzene rings is 1. The second kappa shape index (κ2) is 4.04. The van der Waals surface area contributed by atoms with Crippen LogP contribution in [0.3, 0.4) is 0 Å². The maximum atomic E-state index is 5.90. The molecule has 2 aromatic rings. The molecule has 2 rings (SSSR count). The lowest BCUT2D eigenvalue weighted by Crippen LogP contribution is -2.23. The molecule has 2 heteroatoms. The first-order valence-corrected chi connectivity index (χ1v) is 6.47. The molecular formula is C16H23NO. The summed E-state index contributed by atoms with van der Waals surface area (Å²) in [7, 11) is 0.